The van der Waals surface area contributed by atoms with Gasteiger partial charge in [-0.2, -0.15) is 0 Å². The maximum absolute atomic E-state index is 13.0. The van der Waals surface area contributed by atoms with Crippen LogP contribution in [0.15, 0.2) is 83.3 Å². The number of nitrogens with two attached hydrogens (primary N) is 1. The van der Waals surface area contributed by atoms with Crippen molar-refractivity contribution in [3.05, 3.63) is 94.5 Å². The highest BCUT2D eigenvalue weighted by Gasteiger charge is 2.36. The molecular weight excluding hydrogens is 492 g/mol. The van der Waals surface area contributed by atoms with Crippen LogP contribution in [0, 0.1) is 5.92 Å². The summed E-state index contributed by atoms with van der Waals surface area (Å²) in [5, 5.41) is 5.83. The van der Waals surface area contributed by atoms with Crippen LogP contribution < -0.4 is 16.4 Å². The molecule has 6 nitrogen and oxygen atoms in total. The van der Waals surface area contributed by atoms with Gasteiger partial charge in [-0.25, -0.2) is 0 Å². The molecule has 3 aromatic rings. The fourth-order valence-electron chi connectivity index (χ4n) is 4.18. The number of carbonyl (C=O) groups excluding carboxylic acids is 2. The van der Waals surface area contributed by atoms with Crippen LogP contribution in [0.2, 0.25) is 0 Å². The maximum Gasteiger partial charge on any atom is 0.248 e. The lowest BCUT2D eigenvalue weighted by molar-refractivity contribution is -0.119. The molecule has 0 bridgehead atoms. The minimum absolute atomic E-state index is 0.0255. The van der Waals surface area contributed by atoms with Gasteiger partial charge in [0.05, 0.1) is 17.3 Å². The molecule has 4 rings (SSSR count). The molecule has 2 amide bonds. The molecule has 0 aliphatic carbocycles. The third-order valence-electron chi connectivity index (χ3n) is 5.96. The van der Waals surface area contributed by atoms with Gasteiger partial charge in [0.1, 0.15) is 0 Å². The van der Waals surface area contributed by atoms with E-state index in [-0.39, 0.29) is 23.7 Å². The number of amides is 2. The fraction of sp³-hybridized carbons (Fsp3) is 0.185. The predicted molar refractivity (Wildman–Crippen MR) is 141 cm³/mol. The lowest BCUT2D eigenvalue weighted by Crippen LogP contribution is -2.28. The lowest BCUT2D eigenvalue weighted by atomic mass is 9.88. The van der Waals surface area contributed by atoms with E-state index in [4.69, 9.17) is 5.73 Å². The van der Waals surface area contributed by atoms with E-state index in [2.05, 4.69) is 31.5 Å². The topological polar surface area (TPSA) is 87.5 Å². The summed E-state index contributed by atoms with van der Waals surface area (Å²) < 4.78 is 0.972. The van der Waals surface area contributed by atoms with Crippen LogP contribution in [0.1, 0.15) is 17.0 Å². The van der Waals surface area contributed by atoms with Crippen LogP contribution in [0.4, 0.5) is 17.1 Å². The predicted octanol–water partition coefficient (Wildman–Crippen LogP) is 4.97. The molecule has 0 unspecified atom stereocenters. The minimum Gasteiger partial charge on any atom is -0.397 e. The molecule has 174 valence electrons. The number of likely N-dealkylation sites (N-methyl/N-ethyl adjacent to an activating group) is 1. The monoisotopic (exact) mass is 518 g/mol. The van der Waals surface area contributed by atoms with Crippen molar-refractivity contribution in [2.75, 3.05) is 36.5 Å². The lowest BCUT2D eigenvalue weighted by Gasteiger charge is -2.19. The summed E-state index contributed by atoms with van der Waals surface area (Å²) in [6, 6.07) is 22.8. The maximum atomic E-state index is 13.0. The summed E-state index contributed by atoms with van der Waals surface area (Å²) in [5.74, 6) is -0.262. The average Bonchev–Trinajstić information content (AvgIpc) is 3.23. The highest BCUT2D eigenvalue weighted by molar-refractivity contribution is 9.10. The van der Waals surface area contributed by atoms with Crippen LogP contribution in [0.25, 0.3) is 6.08 Å². The Hall–Kier alpha value is -3.42. The number of likely N-dealkylation sites (tertiary alicyclic amines) is 1. The van der Waals surface area contributed by atoms with Gasteiger partial charge in [-0.1, -0.05) is 52.3 Å². The third kappa shape index (κ3) is 5.92. The smallest absolute Gasteiger partial charge is 0.248 e. The van der Waals surface area contributed by atoms with Crippen molar-refractivity contribution < 1.29 is 9.59 Å². The van der Waals surface area contributed by atoms with Gasteiger partial charge < -0.3 is 21.3 Å². The van der Waals surface area contributed by atoms with E-state index in [1.165, 1.54) is 6.08 Å². The summed E-state index contributed by atoms with van der Waals surface area (Å²) in [4.78, 5) is 27.4. The Kier molecular flexibility index (Phi) is 7.45. The second-order valence-corrected chi connectivity index (χ2v) is 9.42. The summed E-state index contributed by atoms with van der Waals surface area (Å²) in [5.41, 5.74) is 9.79. The Bertz CT molecular complexity index is 1190. The number of nitrogens with zero attached hydrogens (tertiary/aromatic N) is 1. The summed E-state index contributed by atoms with van der Waals surface area (Å²) in [6.45, 7) is 1.52. The molecule has 7 heteroatoms. The summed E-state index contributed by atoms with van der Waals surface area (Å²) in [6.07, 6.45) is 3.25. The van der Waals surface area contributed by atoms with E-state index in [0.29, 0.717) is 17.9 Å². The fourth-order valence-corrected chi connectivity index (χ4v) is 4.45. The van der Waals surface area contributed by atoms with Gasteiger partial charge in [-0.05, 0) is 60.6 Å². The van der Waals surface area contributed by atoms with Crippen LogP contribution in [-0.2, 0) is 9.59 Å². The van der Waals surface area contributed by atoms with E-state index in [1.54, 1.807) is 18.2 Å². The van der Waals surface area contributed by atoms with Gasteiger partial charge in [0.15, 0.2) is 0 Å². The molecule has 1 aliphatic heterocycles. The molecule has 3 aromatic carbocycles. The van der Waals surface area contributed by atoms with E-state index < -0.39 is 0 Å². The quantitative estimate of drug-likeness (QED) is 0.317. The Morgan fingerprint density at radius 3 is 2.38 bits per heavy atom. The molecule has 4 N–H and O–H groups in total. The molecule has 1 aliphatic rings. The Labute approximate surface area is 208 Å². The van der Waals surface area contributed by atoms with E-state index in [0.717, 1.165) is 27.8 Å². The van der Waals surface area contributed by atoms with Gasteiger partial charge in [-0.15, -0.1) is 0 Å². The molecule has 2 atom stereocenters. The molecule has 0 spiro atoms. The van der Waals surface area contributed by atoms with Crippen molar-refractivity contribution in [1.82, 2.24) is 4.90 Å². The average molecular weight is 519 g/mol. The zero-order chi connectivity index (χ0) is 24.1. The zero-order valence-electron chi connectivity index (χ0n) is 18.9. The van der Waals surface area contributed by atoms with Crippen molar-refractivity contribution in [3.63, 3.8) is 0 Å². The summed E-state index contributed by atoms with van der Waals surface area (Å²) in [7, 11) is 2.04. The number of hydrogen-bond donors (Lipinski definition) is 3. The van der Waals surface area contributed by atoms with Gasteiger partial charge in [-0.3, -0.25) is 9.59 Å². The van der Waals surface area contributed by atoms with Crippen molar-refractivity contribution in [2.24, 2.45) is 5.92 Å². The van der Waals surface area contributed by atoms with E-state index in [1.807, 2.05) is 67.7 Å². The SMILES string of the molecule is CN1C[C@H](C(=O)Nc2ccc(Br)cc2)[C@@H](c2ccc(/C=C/C(=O)Nc3ccccc3N)cc2)C1. The molecule has 1 fully saturated rings. The van der Waals surface area contributed by atoms with Crippen LogP contribution in [0.3, 0.4) is 0 Å². The summed E-state index contributed by atoms with van der Waals surface area (Å²) >= 11 is 3.42. The number of para-hydroxylation sites is 2. The van der Waals surface area contributed by atoms with E-state index in [9.17, 15) is 9.59 Å². The van der Waals surface area contributed by atoms with Gasteiger partial charge in [0.2, 0.25) is 11.8 Å². The molecule has 0 radical (unpaired) electrons. The number of carbonyl (C=O) groups is 2. The molecule has 1 heterocycles. The standard InChI is InChI=1S/C27H27BrN4O2/c1-32-16-22(23(17-32)27(34)30-21-13-11-20(28)12-14-21)19-9-6-18(7-10-19)8-15-26(33)31-25-5-3-2-4-24(25)29/h2-15,22-23H,16-17,29H2,1H3,(H,30,34)(H,31,33)/b15-8+/t22-,23+/m1/s1. The number of benzene rings is 3. The van der Waals surface area contributed by atoms with Crippen LogP contribution in [-0.4, -0.2) is 36.9 Å². The highest BCUT2D eigenvalue weighted by atomic mass is 79.9. The number of halogens is 1. The Morgan fingerprint density at radius 1 is 0.971 bits per heavy atom. The largest absolute Gasteiger partial charge is 0.397 e. The van der Waals surface area contributed by atoms with Gasteiger partial charge in [0, 0.05) is 35.2 Å². The first kappa shape index (κ1) is 23.7. The first-order valence-corrected chi connectivity index (χ1v) is 11.9. The van der Waals surface area contributed by atoms with Crippen molar-refractivity contribution in [1.29, 1.82) is 0 Å². The van der Waals surface area contributed by atoms with Gasteiger partial charge >= 0.3 is 0 Å². The van der Waals surface area contributed by atoms with Crippen molar-refractivity contribution in [3.8, 4) is 0 Å². The Morgan fingerprint density at radius 2 is 1.68 bits per heavy atom. The number of anilines is 3. The second-order valence-electron chi connectivity index (χ2n) is 8.51. The Balaban J connectivity index is 1.40. The molecule has 0 aromatic heterocycles. The first-order chi connectivity index (χ1) is 16.4. The normalized spacial score (nSPS) is 18.2. The third-order valence-corrected chi connectivity index (χ3v) is 6.49. The van der Waals surface area contributed by atoms with Gasteiger partial charge in [0.25, 0.3) is 0 Å². The van der Waals surface area contributed by atoms with Crippen LogP contribution in [0.5, 0.6) is 0 Å². The number of hydrogen-bond acceptors (Lipinski definition) is 4. The molecule has 0 saturated carbocycles. The highest BCUT2D eigenvalue weighted by Crippen LogP contribution is 2.33. The minimum atomic E-state index is -0.246. The number of nitrogen functional groups attached to an aromatic ring is 1. The number of nitrogens with one attached hydrogen (secondary N) is 2. The molecule has 1 saturated heterocycles. The first-order valence-electron chi connectivity index (χ1n) is 11.1. The van der Waals surface area contributed by atoms with E-state index >= 15 is 0 Å². The second kappa shape index (κ2) is 10.7. The van der Waals surface area contributed by atoms with Crippen LogP contribution >= 0.6 is 15.9 Å². The molecule has 34 heavy (non-hydrogen) atoms. The number of rotatable bonds is 6. The van der Waals surface area contributed by atoms with Crippen molar-refractivity contribution >= 4 is 50.9 Å². The molecular formula is C27H27BrN4O2. The van der Waals surface area contributed by atoms with Crippen molar-refractivity contribution in [2.45, 2.75) is 5.92 Å². The zero-order valence-corrected chi connectivity index (χ0v) is 20.5.